The summed E-state index contributed by atoms with van der Waals surface area (Å²) in [5.74, 6) is 0.507. The van der Waals surface area contributed by atoms with Gasteiger partial charge in [-0.1, -0.05) is 22.0 Å². The number of halogens is 3. The van der Waals surface area contributed by atoms with Crippen LogP contribution in [0.4, 0.5) is 10.1 Å². The number of rotatable bonds is 4. The minimum atomic E-state index is -0.231. The summed E-state index contributed by atoms with van der Waals surface area (Å²) in [6, 6.07) is 10.7. The van der Waals surface area contributed by atoms with Crippen molar-refractivity contribution in [1.82, 2.24) is 0 Å². The van der Waals surface area contributed by atoms with E-state index in [1.165, 1.54) is 6.07 Å². The molecule has 0 aromatic heterocycles. The summed E-state index contributed by atoms with van der Waals surface area (Å²) >= 11 is 6.63. The van der Waals surface area contributed by atoms with Crippen LogP contribution >= 0.6 is 31.9 Å². The Hall–Kier alpha value is -1.07. The Morgan fingerprint density at radius 2 is 1.95 bits per heavy atom. The molecule has 0 saturated heterocycles. The molecule has 2 aromatic carbocycles. The summed E-state index contributed by atoms with van der Waals surface area (Å²) in [5.41, 5.74) is 1.49. The number of hydrogen-bond donors (Lipinski definition) is 1. The lowest BCUT2D eigenvalue weighted by Gasteiger charge is -2.10. The maximum atomic E-state index is 13.7. The van der Waals surface area contributed by atoms with E-state index in [1.54, 1.807) is 13.2 Å². The quantitative estimate of drug-likeness (QED) is 0.798. The Morgan fingerprint density at radius 3 is 2.63 bits per heavy atom. The molecule has 0 amide bonds. The van der Waals surface area contributed by atoms with Gasteiger partial charge in [0.2, 0.25) is 0 Å². The highest BCUT2D eigenvalue weighted by Gasteiger charge is 2.04. The number of methoxy groups -OCH3 is 1. The van der Waals surface area contributed by atoms with Gasteiger partial charge in [0.15, 0.2) is 0 Å². The molecule has 2 rings (SSSR count). The fraction of sp³-hybridized carbons (Fsp3) is 0.143. The van der Waals surface area contributed by atoms with Crippen LogP contribution in [0.3, 0.4) is 0 Å². The molecule has 0 spiro atoms. The van der Waals surface area contributed by atoms with Crippen LogP contribution in [0.15, 0.2) is 45.3 Å². The Bertz CT molecular complexity index is 590. The van der Waals surface area contributed by atoms with Gasteiger partial charge in [-0.2, -0.15) is 0 Å². The highest BCUT2D eigenvalue weighted by Crippen LogP contribution is 2.28. The first kappa shape index (κ1) is 14.3. The Labute approximate surface area is 128 Å². The fourth-order valence-corrected chi connectivity index (χ4v) is 2.37. The van der Waals surface area contributed by atoms with Gasteiger partial charge in [0.05, 0.1) is 11.6 Å². The molecule has 5 heteroatoms. The second-order valence-corrected chi connectivity index (χ2v) is 5.71. The van der Waals surface area contributed by atoms with Crippen molar-refractivity contribution in [2.45, 2.75) is 6.54 Å². The largest absolute Gasteiger partial charge is 0.495 e. The predicted molar refractivity (Wildman–Crippen MR) is 82.1 cm³/mol. The molecule has 0 bridgehead atoms. The van der Waals surface area contributed by atoms with E-state index in [1.807, 2.05) is 24.3 Å². The third-order valence-corrected chi connectivity index (χ3v) is 3.80. The normalized spacial score (nSPS) is 10.3. The van der Waals surface area contributed by atoms with E-state index < -0.39 is 0 Å². The SMILES string of the molecule is COc1cc(NCc2ccc(Br)cc2F)ccc1Br. The molecule has 0 saturated carbocycles. The maximum Gasteiger partial charge on any atom is 0.135 e. The molecule has 0 aliphatic heterocycles. The van der Waals surface area contributed by atoms with Crippen LogP contribution in [0.1, 0.15) is 5.56 Å². The van der Waals surface area contributed by atoms with Crippen molar-refractivity contribution in [2.24, 2.45) is 0 Å². The summed E-state index contributed by atoms with van der Waals surface area (Å²) in [5, 5.41) is 3.17. The van der Waals surface area contributed by atoms with Crippen LogP contribution < -0.4 is 10.1 Å². The summed E-state index contributed by atoms with van der Waals surface area (Å²) in [7, 11) is 1.61. The van der Waals surface area contributed by atoms with E-state index in [4.69, 9.17) is 4.74 Å². The molecule has 0 radical (unpaired) electrons. The van der Waals surface area contributed by atoms with E-state index in [2.05, 4.69) is 37.2 Å². The average Bonchev–Trinajstić information content (AvgIpc) is 2.39. The van der Waals surface area contributed by atoms with Crippen LogP contribution in [0.25, 0.3) is 0 Å². The fourth-order valence-electron chi connectivity index (χ4n) is 1.63. The number of hydrogen-bond acceptors (Lipinski definition) is 2. The molecule has 0 heterocycles. The molecule has 0 unspecified atom stereocenters. The van der Waals surface area contributed by atoms with Crippen LogP contribution in [0.2, 0.25) is 0 Å². The molecular formula is C14H12Br2FNO. The highest BCUT2D eigenvalue weighted by molar-refractivity contribution is 9.10. The minimum Gasteiger partial charge on any atom is -0.495 e. The van der Waals surface area contributed by atoms with Crippen molar-refractivity contribution in [1.29, 1.82) is 0 Å². The highest BCUT2D eigenvalue weighted by atomic mass is 79.9. The van der Waals surface area contributed by atoms with Crippen molar-refractivity contribution >= 4 is 37.5 Å². The summed E-state index contributed by atoms with van der Waals surface area (Å²) in [4.78, 5) is 0. The first-order valence-electron chi connectivity index (χ1n) is 5.61. The van der Waals surface area contributed by atoms with E-state index in [9.17, 15) is 4.39 Å². The molecule has 0 aliphatic rings. The number of ether oxygens (including phenoxy) is 1. The third-order valence-electron chi connectivity index (χ3n) is 2.65. The zero-order valence-corrected chi connectivity index (χ0v) is 13.4. The molecule has 2 nitrogen and oxygen atoms in total. The van der Waals surface area contributed by atoms with E-state index in [-0.39, 0.29) is 5.82 Å². The Morgan fingerprint density at radius 1 is 1.16 bits per heavy atom. The van der Waals surface area contributed by atoms with Crippen molar-refractivity contribution in [3.63, 3.8) is 0 Å². The zero-order chi connectivity index (χ0) is 13.8. The lowest BCUT2D eigenvalue weighted by Crippen LogP contribution is -2.02. The lowest BCUT2D eigenvalue weighted by atomic mass is 10.2. The predicted octanol–water partition coefficient (Wildman–Crippen LogP) is 4.97. The second kappa shape index (κ2) is 6.39. The number of benzene rings is 2. The second-order valence-electron chi connectivity index (χ2n) is 3.94. The van der Waals surface area contributed by atoms with Gasteiger partial charge < -0.3 is 10.1 Å². The van der Waals surface area contributed by atoms with Gasteiger partial charge in [-0.15, -0.1) is 0 Å². The molecule has 2 aromatic rings. The molecule has 1 N–H and O–H groups in total. The van der Waals surface area contributed by atoms with Gasteiger partial charge in [0, 0.05) is 28.3 Å². The van der Waals surface area contributed by atoms with Crippen molar-refractivity contribution < 1.29 is 9.13 Å². The van der Waals surface area contributed by atoms with E-state index in [0.29, 0.717) is 12.1 Å². The van der Waals surface area contributed by atoms with E-state index >= 15 is 0 Å². The van der Waals surface area contributed by atoms with Gasteiger partial charge in [-0.3, -0.25) is 0 Å². The number of anilines is 1. The first-order valence-corrected chi connectivity index (χ1v) is 7.20. The molecule has 0 fully saturated rings. The minimum absolute atomic E-state index is 0.231. The summed E-state index contributed by atoms with van der Waals surface area (Å²) in [6.07, 6.45) is 0. The van der Waals surface area contributed by atoms with Crippen molar-refractivity contribution in [2.75, 3.05) is 12.4 Å². The summed E-state index contributed by atoms with van der Waals surface area (Å²) in [6.45, 7) is 0.421. The van der Waals surface area contributed by atoms with Crippen LogP contribution in [0, 0.1) is 5.82 Å². The molecule has 0 atom stereocenters. The number of nitrogens with one attached hydrogen (secondary N) is 1. The molecule has 0 aliphatic carbocycles. The lowest BCUT2D eigenvalue weighted by molar-refractivity contribution is 0.412. The van der Waals surface area contributed by atoms with Crippen LogP contribution in [-0.4, -0.2) is 7.11 Å². The topological polar surface area (TPSA) is 21.3 Å². The third kappa shape index (κ3) is 3.70. The first-order chi connectivity index (χ1) is 9.10. The van der Waals surface area contributed by atoms with Gasteiger partial charge >= 0.3 is 0 Å². The van der Waals surface area contributed by atoms with Gasteiger partial charge in [0.1, 0.15) is 11.6 Å². The van der Waals surface area contributed by atoms with E-state index in [0.717, 1.165) is 20.4 Å². The molecule has 19 heavy (non-hydrogen) atoms. The Kier molecular flexibility index (Phi) is 4.82. The zero-order valence-electron chi connectivity index (χ0n) is 10.2. The van der Waals surface area contributed by atoms with Crippen molar-refractivity contribution in [3.8, 4) is 5.75 Å². The average molecular weight is 389 g/mol. The molecular weight excluding hydrogens is 377 g/mol. The van der Waals surface area contributed by atoms with Crippen LogP contribution in [0.5, 0.6) is 5.75 Å². The van der Waals surface area contributed by atoms with Crippen LogP contribution in [-0.2, 0) is 6.54 Å². The summed E-state index contributed by atoms with van der Waals surface area (Å²) < 4.78 is 20.5. The maximum absolute atomic E-state index is 13.7. The van der Waals surface area contributed by atoms with Gasteiger partial charge in [0.25, 0.3) is 0 Å². The van der Waals surface area contributed by atoms with Gasteiger partial charge in [-0.05, 0) is 40.2 Å². The molecule has 100 valence electrons. The van der Waals surface area contributed by atoms with Crippen molar-refractivity contribution in [3.05, 3.63) is 56.7 Å². The van der Waals surface area contributed by atoms with Gasteiger partial charge in [-0.25, -0.2) is 4.39 Å². The smallest absolute Gasteiger partial charge is 0.135 e. The standard InChI is InChI=1S/C14H12Br2FNO/c1-19-14-7-11(4-5-12(14)16)18-8-9-2-3-10(15)6-13(9)17/h2-7,18H,8H2,1H3. The monoisotopic (exact) mass is 387 g/mol. The Balaban J connectivity index is 2.10.